The Morgan fingerprint density at radius 2 is 1.79 bits per heavy atom. The first kappa shape index (κ1) is 12.9. The van der Waals surface area contributed by atoms with Crippen molar-refractivity contribution in [3.63, 3.8) is 0 Å². The summed E-state index contributed by atoms with van der Waals surface area (Å²) in [5.74, 6) is 0. The smallest absolute Gasteiger partial charge is 0.0998 e. The van der Waals surface area contributed by atoms with Gasteiger partial charge in [-0.3, -0.25) is 0 Å². The molecule has 0 heterocycles. The summed E-state index contributed by atoms with van der Waals surface area (Å²) in [5, 5.41) is 18.6. The Balaban J connectivity index is 2.40. The molecule has 2 aromatic rings. The molecule has 19 heavy (non-hydrogen) atoms. The Morgan fingerprint density at radius 1 is 1.05 bits per heavy atom. The van der Waals surface area contributed by atoms with Crippen molar-refractivity contribution in [2.75, 3.05) is 0 Å². The van der Waals surface area contributed by atoms with Gasteiger partial charge in [-0.2, -0.15) is 10.5 Å². The van der Waals surface area contributed by atoms with Gasteiger partial charge in [0.25, 0.3) is 0 Å². The van der Waals surface area contributed by atoms with Gasteiger partial charge >= 0.3 is 0 Å². The van der Waals surface area contributed by atoms with Crippen LogP contribution in [0.4, 0.5) is 0 Å². The van der Waals surface area contributed by atoms with Crippen LogP contribution in [0.3, 0.4) is 0 Å². The molecular formula is C16H9ClN2. The molecule has 0 N–H and O–H groups in total. The zero-order valence-electron chi connectivity index (χ0n) is 9.97. The van der Waals surface area contributed by atoms with E-state index in [4.69, 9.17) is 16.9 Å². The highest BCUT2D eigenvalue weighted by Gasteiger charge is 2.01. The largest absolute Gasteiger partial charge is 0.192 e. The van der Waals surface area contributed by atoms with E-state index < -0.39 is 0 Å². The maximum atomic E-state index is 9.22. The van der Waals surface area contributed by atoms with Crippen molar-refractivity contribution >= 4 is 23.3 Å². The van der Waals surface area contributed by atoms with Crippen LogP contribution in [0, 0.1) is 22.7 Å². The van der Waals surface area contributed by atoms with Gasteiger partial charge in [-0.05, 0) is 41.5 Å². The summed E-state index contributed by atoms with van der Waals surface area (Å²) in [6, 6.07) is 18.4. The summed E-state index contributed by atoms with van der Waals surface area (Å²) < 4.78 is 0. The maximum Gasteiger partial charge on any atom is 0.0998 e. The van der Waals surface area contributed by atoms with E-state index in [1.165, 1.54) is 0 Å². The van der Waals surface area contributed by atoms with Crippen LogP contribution < -0.4 is 0 Å². The van der Waals surface area contributed by atoms with Gasteiger partial charge in [-0.25, -0.2) is 0 Å². The highest BCUT2D eigenvalue weighted by atomic mass is 35.5. The van der Waals surface area contributed by atoms with Crippen LogP contribution in [0.25, 0.3) is 11.6 Å². The second kappa shape index (κ2) is 5.87. The van der Waals surface area contributed by atoms with Gasteiger partial charge < -0.3 is 0 Å². The van der Waals surface area contributed by atoms with Crippen molar-refractivity contribution in [2.24, 2.45) is 0 Å². The molecule has 0 unspecified atom stereocenters. The van der Waals surface area contributed by atoms with Crippen molar-refractivity contribution in [3.8, 4) is 12.1 Å². The first-order valence-electron chi connectivity index (χ1n) is 5.61. The average molecular weight is 265 g/mol. The molecule has 0 radical (unpaired) electrons. The van der Waals surface area contributed by atoms with E-state index in [1.807, 2.05) is 18.2 Å². The summed E-state index contributed by atoms with van der Waals surface area (Å²) >= 11 is 5.91. The minimum absolute atomic E-state index is 0.534. The first-order valence-corrected chi connectivity index (χ1v) is 5.98. The topological polar surface area (TPSA) is 47.6 Å². The van der Waals surface area contributed by atoms with E-state index >= 15 is 0 Å². The molecule has 0 atom stereocenters. The van der Waals surface area contributed by atoms with Gasteiger partial charge in [-0.15, -0.1) is 0 Å². The fourth-order valence-electron chi connectivity index (χ4n) is 1.67. The minimum atomic E-state index is 0.534. The number of hydrogen-bond donors (Lipinski definition) is 0. The Bertz CT molecular complexity index is 701. The normalized spacial score (nSPS) is 10.6. The first-order chi connectivity index (χ1) is 9.22. The number of nitrogens with zero attached hydrogens (tertiary/aromatic N) is 2. The van der Waals surface area contributed by atoms with Crippen molar-refractivity contribution in [2.45, 2.75) is 0 Å². The van der Waals surface area contributed by atoms with Crippen LogP contribution in [0.15, 0.2) is 48.5 Å². The number of rotatable bonds is 2. The molecule has 3 heteroatoms. The lowest BCUT2D eigenvalue weighted by Crippen LogP contribution is -1.83. The number of halogens is 1. The van der Waals surface area contributed by atoms with Crippen LogP contribution in [0.2, 0.25) is 5.02 Å². The van der Waals surface area contributed by atoms with E-state index in [1.54, 1.807) is 42.5 Å². The molecule has 0 amide bonds. The molecule has 0 aliphatic carbocycles. The molecule has 90 valence electrons. The fourth-order valence-corrected chi connectivity index (χ4v) is 1.87. The van der Waals surface area contributed by atoms with Crippen molar-refractivity contribution < 1.29 is 0 Å². The highest BCUT2D eigenvalue weighted by Crippen LogP contribution is 2.20. The van der Waals surface area contributed by atoms with Gasteiger partial charge in [0.1, 0.15) is 0 Å². The van der Waals surface area contributed by atoms with Gasteiger partial charge in [0.05, 0.1) is 23.3 Å². The zero-order chi connectivity index (χ0) is 13.7. The molecular weight excluding hydrogens is 256 g/mol. The molecule has 2 aromatic carbocycles. The maximum absolute atomic E-state index is 9.22. The highest BCUT2D eigenvalue weighted by molar-refractivity contribution is 6.30. The minimum Gasteiger partial charge on any atom is -0.192 e. The van der Waals surface area contributed by atoms with Gasteiger partial charge in [-0.1, -0.05) is 35.9 Å². The Labute approximate surface area is 116 Å². The number of benzene rings is 2. The van der Waals surface area contributed by atoms with Gasteiger partial charge in [0, 0.05) is 5.02 Å². The van der Waals surface area contributed by atoms with E-state index in [0.29, 0.717) is 16.2 Å². The third-order valence-corrected chi connectivity index (χ3v) is 2.84. The molecule has 0 bridgehead atoms. The lowest BCUT2D eigenvalue weighted by atomic mass is 10.0. The summed E-state index contributed by atoms with van der Waals surface area (Å²) in [4.78, 5) is 0. The number of hydrogen-bond acceptors (Lipinski definition) is 2. The average Bonchev–Trinajstić information content (AvgIpc) is 2.45. The van der Waals surface area contributed by atoms with Crippen LogP contribution in [0.5, 0.6) is 0 Å². The van der Waals surface area contributed by atoms with Crippen molar-refractivity contribution in [3.05, 3.63) is 70.2 Å². The molecule has 0 saturated carbocycles. The van der Waals surface area contributed by atoms with Crippen molar-refractivity contribution in [1.29, 1.82) is 10.5 Å². The van der Waals surface area contributed by atoms with Crippen LogP contribution in [0.1, 0.15) is 16.7 Å². The third-order valence-electron chi connectivity index (χ3n) is 2.61. The van der Waals surface area contributed by atoms with E-state index in [2.05, 4.69) is 6.07 Å². The summed E-state index contributed by atoms with van der Waals surface area (Å²) in [5.41, 5.74) is 2.76. The van der Waals surface area contributed by atoms with Crippen LogP contribution >= 0.6 is 11.6 Å². The second-order valence-corrected chi connectivity index (χ2v) is 4.35. The Hall–Kier alpha value is -2.55. The standard InChI is InChI=1S/C16H9ClN2/c17-16-3-1-2-13(9-16)8-15(11-19)14-6-4-12(10-18)5-7-14/h1-9H/b15-8-. The Morgan fingerprint density at radius 3 is 2.37 bits per heavy atom. The lowest BCUT2D eigenvalue weighted by molar-refractivity contribution is 1.47. The van der Waals surface area contributed by atoms with Crippen LogP contribution in [-0.2, 0) is 0 Å². The molecule has 0 aromatic heterocycles. The molecule has 0 aliphatic heterocycles. The summed E-state index contributed by atoms with van der Waals surface area (Å²) in [7, 11) is 0. The van der Waals surface area contributed by atoms with E-state index in [-0.39, 0.29) is 0 Å². The van der Waals surface area contributed by atoms with E-state index in [0.717, 1.165) is 11.1 Å². The number of nitriles is 2. The van der Waals surface area contributed by atoms with Crippen LogP contribution in [-0.4, -0.2) is 0 Å². The zero-order valence-corrected chi connectivity index (χ0v) is 10.7. The van der Waals surface area contributed by atoms with Gasteiger partial charge in [0.2, 0.25) is 0 Å². The number of allylic oxidation sites excluding steroid dienone is 1. The molecule has 2 nitrogen and oxygen atoms in total. The van der Waals surface area contributed by atoms with E-state index in [9.17, 15) is 5.26 Å². The van der Waals surface area contributed by atoms with Gasteiger partial charge in [0.15, 0.2) is 0 Å². The monoisotopic (exact) mass is 264 g/mol. The second-order valence-electron chi connectivity index (χ2n) is 3.91. The lowest BCUT2D eigenvalue weighted by Gasteiger charge is -2.00. The quantitative estimate of drug-likeness (QED) is 0.600. The summed E-state index contributed by atoms with van der Waals surface area (Å²) in [6.07, 6.45) is 1.77. The molecule has 2 rings (SSSR count). The predicted octanol–water partition coefficient (Wildman–Crippen LogP) is 4.28. The third kappa shape index (κ3) is 3.22. The molecule has 0 saturated heterocycles. The Kier molecular flexibility index (Phi) is 3.98. The summed E-state index contributed by atoms with van der Waals surface area (Å²) in [6.45, 7) is 0. The fraction of sp³-hybridized carbons (Fsp3) is 0. The molecule has 0 fully saturated rings. The van der Waals surface area contributed by atoms with Crippen molar-refractivity contribution in [1.82, 2.24) is 0 Å². The predicted molar refractivity (Wildman–Crippen MR) is 76.1 cm³/mol. The SMILES string of the molecule is N#C/C(=C/c1cccc(Cl)c1)c1ccc(C#N)cc1. The molecule has 0 aliphatic rings. The molecule has 0 spiro atoms.